The monoisotopic (exact) mass is 616 g/mol. The maximum atomic E-state index is 14.7. The predicted molar refractivity (Wildman–Crippen MR) is 168 cm³/mol. The third-order valence-electron chi connectivity index (χ3n) is 13.3. The van der Waals surface area contributed by atoms with Gasteiger partial charge in [-0.15, -0.1) is 23.5 Å². The standard InChI is InChI=1S/C34H48O6S2/c1-29(2)12-14-34(28(39)40-7)15-13-32(5)23(19(34)17-29)20(36)16-22-31(32,4)11-10-21-30(3,18-35)26(38)25(37)24(33(21,22)6)27(41-8)42-9/h16,19,21,23,35H,10-15,17-18H2,1-9H3/t19-,21-,23-,30+,31+,32+,33-,34-/m0/s1. The molecule has 0 aliphatic heterocycles. The van der Waals surface area contributed by atoms with Crippen molar-refractivity contribution in [3.63, 3.8) is 0 Å². The van der Waals surface area contributed by atoms with Gasteiger partial charge in [-0.25, -0.2) is 0 Å². The summed E-state index contributed by atoms with van der Waals surface area (Å²) in [6.07, 6.45) is 10.9. The van der Waals surface area contributed by atoms with Gasteiger partial charge in [0.15, 0.2) is 5.78 Å². The molecule has 0 saturated heterocycles. The van der Waals surface area contributed by atoms with Gasteiger partial charge in [-0.05, 0) is 104 Å². The largest absolute Gasteiger partial charge is 0.469 e. The van der Waals surface area contributed by atoms with E-state index in [1.165, 1.54) is 30.6 Å². The number of Topliss-reactive ketones (excluding diaryl/α,β-unsaturated/α-hetero) is 2. The highest BCUT2D eigenvalue weighted by Gasteiger charge is 2.73. The molecule has 8 atom stereocenters. The fourth-order valence-corrected chi connectivity index (χ4v) is 12.4. The van der Waals surface area contributed by atoms with Crippen molar-refractivity contribution in [3.05, 3.63) is 21.5 Å². The van der Waals surface area contributed by atoms with E-state index >= 15 is 0 Å². The van der Waals surface area contributed by atoms with Crippen LogP contribution in [0.4, 0.5) is 0 Å². The van der Waals surface area contributed by atoms with E-state index in [0.717, 1.165) is 35.5 Å². The summed E-state index contributed by atoms with van der Waals surface area (Å²) in [6.45, 7) is 12.4. The van der Waals surface area contributed by atoms with Gasteiger partial charge in [0.2, 0.25) is 11.6 Å². The molecule has 5 aliphatic carbocycles. The maximum absolute atomic E-state index is 14.7. The van der Waals surface area contributed by atoms with Crippen molar-refractivity contribution in [2.75, 3.05) is 26.2 Å². The zero-order chi connectivity index (χ0) is 31.3. The van der Waals surface area contributed by atoms with Crippen LogP contribution < -0.4 is 0 Å². The molecule has 4 fully saturated rings. The Hall–Kier alpha value is -1.38. The number of aliphatic hydroxyl groups is 1. The molecular weight excluding hydrogens is 569 g/mol. The van der Waals surface area contributed by atoms with Crippen LogP contribution in [-0.4, -0.2) is 54.7 Å². The molecule has 0 aromatic carbocycles. The highest BCUT2D eigenvalue weighted by Crippen LogP contribution is 2.75. The van der Waals surface area contributed by atoms with Gasteiger partial charge in [0, 0.05) is 21.1 Å². The number of ether oxygens (including phenoxy) is 1. The summed E-state index contributed by atoms with van der Waals surface area (Å²) in [6, 6.07) is 0. The lowest BCUT2D eigenvalue weighted by atomic mass is 9.33. The van der Waals surface area contributed by atoms with Crippen molar-refractivity contribution < 1.29 is 29.0 Å². The van der Waals surface area contributed by atoms with Gasteiger partial charge in [0.1, 0.15) is 0 Å². The van der Waals surface area contributed by atoms with E-state index in [9.17, 15) is 24.3 Å². The van der Waals surface area contributed by atoms with Crippen molar-refractivity contribution in [1.29, 1.82) is 0 Å². The van der Waals surface area contributed by atoms with Crippen molar-refractivity contribution >= 4 is 46.8 Å². The van der Waals surface area contributed by atoms with Gasteiger partial charge in [-0.3, -0.25) is 19.2 Å². The van der Waals surface area contributed by atoms with Crippen LogP contribution in [0.15, 0.2) is 21.5 Å². The smallest absolute Gasteiger partial charge is 0.312 e. The number of rotatable bonds is 4. The Labute approximate surface area is 259 Å². The maximum Gasteiger partial charge on any atom is 0.312 e. The van der Waals surface area contributed by atoms with Gasteiger partial charge in [-0.2, -0.15) is 0 Å². The molecule has 0 bridgehead atoms. The first-order chi connectivity index (χ1) is 19.5. The molecule has 8 heteroatoms. The molecule has 0 spiro atoms. The number of hydrogen-bond acceptors (Lipinski definition) is 8. The second kappa shape index (κ2) is 10.1. The second-order valence-corrected chi connectivity index (χ2v) is 17.3. The first-order valence-corrected chi connectivity index (χ1v) is 17.8. The van der Waals surface area contributed by atoms with Crippen molar-refractivity contribution in [3.8, 4) is 0 Å². The van der Waals surface area contributed by atoms with Crippen LogP contribution in [0, 0.1) is 50.2 Å². The zero-order valence-electron chi connectivity index (χ0n) is 26.8. The third kappa shape index (κ3) is 3.82. The predicted octanol–water partition coefficient (Wildman–Crippen LogP) is 6.41. The van der Waals surface area contributed by atoms with Crippen LogP contribution in [0.5, 0.6) is 0 Å². The Morgan fingerprint density at radius 3 is 2.17 bits per heavy atom. The van der Waals surface area contributed by atoms with Crippen molar-refractivity contribution in [2.24, 2.45) is 50.2 Å². The number of ketones is 3. The Morgan fingerprint density at radius 2 is 1.60 bits per heavy atom. The topological polar surface area (TPSA) is 97.7 Å². The minimum Gasteiger partial charge on any atom is -0.469 e. The number of fused-ring (bicyclic) bond motifs is 7. The summed E-state index contributed by atoms with van der Waals surface area (Å²) >= 11 is 2.94. The molecule has 6 nitrogen and oxygen atoms in total. The van der Waals surface area contributed by atoms with Gasteiger partial charge in [0.05, 0.1) is 24.5 Å². The highest BCUT2D eigenvalue weighted by atomic mass is 32.2. The fourth-order valence-electron chi connectivity index (χ4n) is 10.7. The summed E-state index contributed by atoms with van der Waals surface area (Å²) in [7, 11) is 1.47. The van der Waals surface area contributed by atoms with Crippen LogP contribution in [0.3, 0.4) is 0 Å². The fraction of sp³-hybridized carbons (Fsp3) is 0.765. The molecule has 232 valence electrons. The number of hydrogen-bond donors (Lipinski definition) is 1. The number of thioether (sulfide) groups is 2. The van der Waals surface area contributed by atoms with Gasteiger partial charge in [0.25, 0.3) is 0 Å². The lowest BCUT2D eigenvalue weighted by Gasteiger charge is -2.69. The molecule has 5 rings (SSSR count). The van der Waals surface area contributed by atoms with Gasteiger partial charge < -0.3 is 9.84 Å². The van der Waals surface area contributed by atoms with E-state index in [2.05, 4.69) is 34.6 Å². The minimum atomic E-state index is -1.22. The zero-order valence-corrected chi connectivity index (χ0v) is 28.4. The molecule has 0 amide bonds. The van der Waals surface area contributed by atoms with Crippen molar-refractivity contribution in [2.45, 2.75) is 86.5 Å². The van der Waals surface area contributed by atoms with Crippen LogP contribution in [0.2, 0.25) is 0 Å². The molecule has 0 heterocycles. The van der Waals surface area contributed by atoms with Crippen LogP contribution in [0.1, 0.15) is 86.5 Å². The normalized spacial score (nSPS) is 44.3. The Morgan fingerprint density at radius 1 is 0.976 bits per heavy atom. The van der Waals surface area contributed by atoms with Gasteiger partial charge >= 0.3 is 5.97 Å². The molecule has 5 aliphatic rings. The van der Waals surface area contributed by atoms with E-state index in [4.69, 9.17) is 4.74 Å². The van der Waals surface area contributed by atoms with E-state index in [0.29, 0.717) is 24.8 Å². The summed E-state index contributed by atoms with van der Waals surface area (Å²) in [5, 5.41) is 10.6. The molecule has 4 saturated carbocycles. The molecule has 1 N–H and O–H groups in total. The Bertz CT molecular complexity index is 1310. The second-order valence-electron chi connectivity index (χ2n) is 15.4. The van der Waals surface area contributed by atoms with Crippen molar-refractivity contribution in [1.82, 2.24) is 0 Å². The minimum absolute atomic E-state index is 0.00977. The quantitative estimate of drug-likeness (QED) is 0.220. The molecule has 0 unspecified atom stereocenters. The molecule has 0 aromatic heterocycles. The first kappa shape index (κ1) is 32.0. The first-order valence-electron chi connectivity index (χ1n) is 15.4. The molecule has 42 heavy (non-hydrogen) atoms. The lowest BCUT2D eigenvalue weighted by Crippen LogP contribution is -2.67. The number of carbonyl (C=O) groups excluding carboxylic acids is 4. The van der Waals surface area contributed by atoms with E-state index in [1.54, 1.807) is 6.92 Å². The average molecular weight is 617 g/mol. The third-order valence-corrected chi connectivity index (χ3v) is 15.4. The Kier molecular flexibility index (Phi) is 7.68. The highest BCUT2D eigenvalue weighted by molar-refractivity contribution is 8.21. The van der Waals surface area contributed by atoms with E-state index in [-0.39, 0.29) is 34.9 Å². The number of allylic oxidation sites excluding steroid dienone is 3. The number of methoxy groups -OCH3 is 1. The summed E-state index contributed by atoms with van der Waals surface area (Å²) < 4.78 is 6.24. The summed E-state index contributed by atoms with van der Waals surface area (Å²) in [4.78, 5) is 55.9. The van der Waals surface area contributed by atoms with E-state index < -0.39 is 45.2 Å². The average Bonchev–Trinajstić information content (AvgIpc) is 2.94. The van der Waals surface area contributed by atoms with Crippen LogP contribution in [-0.2, 0) is 23.9 Å². The molecule has 0 aromatic rings. The van der Waals surface area contributed by atoms with Crippen LogP contribution >= 0.6 is 23.5 Å². The lowest BCUT2D eigenvalue weighted by molar-refractivity contribution is -0.192. The number of aliphatic hydroxyl groups excluding tert-OH is 1. The number of esters is 1. The van der Waals surface area contributed by atoms with Gasteiger partial charge in [-0.1, -0.05) is 34.6 Å². The Balaban J connectivity index is 1.77. The SMILES string of the molecule is COC(=O)[C@]12CCC(C)(C)C[C@H]1[C@H]1C(=O)C=C3[C@@]4(C)C(=C(SC)SC)C(=O)C(=O)[C@](C)(CO)[C@@H]4CC[C@@]3(C)[C@]1(C)CC2. The molecular formula is C34H48O6S2. The van der Waals surface area contributed by atoms with E-state index in [1.807, 2.05) is 18.6 Å². The molecule has 0 radical (unpaired) electrons. The summed E-state index contributed by atoms with van der Waals surface area (Å²) in [5.41, 5.74) is -2.21. The summed E-state index contributed by atoms with van der Waals surface area (Å²) in [5.74, 6) is -1.98. The number of carbonyl (C=O) groups is 4. The van der Waals surface area contributed by atoms with Crippen LogP contribution in [0.25, 0.3) is 0 Å².